The van der Waals surface area contributed by atoms with Gasteiger partial charge in [-0.2, -0.15) is 96.6 Å². The molecule has 0 spiro atoms. The Balaban J connectivity index is -0.0000000414. The molecule has 0 aliphatic heterocycles. The zero-order valence-electron chi connectivity index (χ0n) is 51.3. The van der Waals surface area contributed by atoms with Gasteiger partial charge < -0.3 is 9.47 Å². The summed E-state index contributed by atoms with van der Waals surface area (Å²) in [6.07, 6.45) is -52.8. The van der Waals surface area contributed by atoms with E-state index in [0.29, 0.717) is 14.4 Å². The van der Waals surface area contributed by atoms with Crippen LogP contribution in [0.25, 0.3) is 0 Å². The molecular formula is C49H107F25O2. The molecule has 0 saturated carbocycles. The van der Waals surface area contributed by atoms with Crippen LogP contribution in [0, 0.1) is 0 Å². The minimum absolute atomic E-state index is 0.500. The SMILES string of the molecule is CC.CC.CC.CC.CC.CC.CC.CC(F)(OC(C(F)(F)F)C(F)(F)C(F)(F)OC(CC(F)(F)F)C(F)(F)F)C(F)(F)F.CCC.CCC.CCC.CCC.CCC.CCC.CF.CF.FC(F)(F)CCC(F)(F)F. The first-order chi connectivity index (χ1) is 34.3. The summed E-state index contributed by atoms with van der Waals surface area (Å²) in [5, 5.41) is 0. The lowest BCUT2D eigenvalue weighted by Crippen LogP contribution is -2.62. The lowest BCUT2D eigenvalue weighted by molar-refractivity contribution is -0.454. The zero-order valence-corrected chi connectivity index (χ0v) is 51.3. The molecule has 0 aromatic heterocycles. The van der Waals surface area contributed by atoms with Gasteiger partial charge in [0, 0.05) is 6.92 Å². The van der Waals surface area contributed by atoms with E-state index in [1.807, 2.05) is 96.9 Å². The third-order valence-corrected chi connectivity index (χ3v) is 3.62. The van der Waals surface area contributed by atoms with E-state index in [1.54, 1.807) is 0 Å². The van der Waals surface area contributed by atoms with Crippen molar-refractivity contribution in [2.75, 3.05) is 14.4 Å². The Hall–Kier alpha value is -1.83. The molecule has 0 aromatic carbocycles. The molecule has 3 unspecified atom stereocenters. The van der Waals surface area contributed by atoms with E-state index in [9.17, 15) is 110 Å². The van der Waals surface area contributed by atoms with Gasteiger partial charge in [-0.1, -0.05) is 219 Å². The summed E-state index contributed by atoms with van der Waals surface area (Å²) in [5.74, 6) is -13.0. The monoisotopic (exact) mass is 1200 g/mol. The molecule has 490 valence electrons. The zero-order chi connectivity index (χ0) is 67.4. The molecule has 3 atom stereocenters. The molecule has 76 heavy (non-hydrogen) atoms. The van der Waals surface area contributed by atoms with Crippen LogP contribution >= 0.6 is 0 Å². The van der Waals surface area contributed by atoms with Crippen LogP contribution in [0.4, 0.5) is 110 Å². The maximum Gasteiger partial charge on any atom is 0.448 e. The topological polar surface area (TPSA) is 18.5 Å². The molecule has 0 aliphatic carbocycles. The number of rotatable bonds is 8. The van der Waals surface area contributed by atoms with E-state index in [0.717, 1.165) is 0 Å². The van der Waals surface area contributed by atoms with Crippen LogP contribution in [0.1, 0.15) is 245 Å². The van der Waals surface area contributed by atoms with E-state index in [1.165, 1.54) is 38.5 Å². The van der Waals surface area contributed by atoms with E-state index >= 15 is 0 Å². The van der Waals surface area contributed by atoms with Crippen LogP contribution in [-0.2, 0) is 9.47 Å². The molecule has 0 fully saturated rings. The van der Waals surface area contributed by atoms with Crippen molar-refractivity contribution in [3.63, 3.8) is 0 Å². The molecule has 0 aromatic rings. The van der Waals surface area contributed by atoms with Crippen molar-refractivity contribution in [2.45, 2.75) is 312 Å². The molecule has 0 heterocycles. The predicted octanol–water partition coefficient (Wildman–Crippen LogP) is 26.1. The number of hydrogen-bond acceptors (Lipinski definition) is 2. The maximum atomic E-state index is 13.6. The average molecular weight is 1200 g/mol. The fourth-order valence-electron chi connectivity index (χ4n) is 1.76. The first-order valence-corrected chi connectivity index (χ1v) is 25.3. The van der Waals surface area contributed by atoms with Gasteiger partial charge in [0.05, 0.1) is 33.6 Å². The van der Waals surface area contributed by atoms with Gasteiger partial charge in [-0.3, -0.25) is 8.78 Å². The molecule has 0 amide bonds. The van der Waals surface area contributed by atoms with Crippen molar-refractivity contribution in [2.24, 2.45) is 0 Å². The van der Waals surface area contributed by atoms with Crippen molar-refractivity contribution in [1.29, 1.82) is 0 Å². The maximum absolute atomic E-state index is 13.6. The molecule has 0 rings (SSSR count). The molecule has 0 N–H and O–H groups in total. The highest BCUT2D eigenvalue weighted by Crippen LogP contribution is 2.50. The van der Waals surface area contributed by atoms with Gasteiger partial charge in [-0.05, 0) is 0 Å². The van der Waals surface area contributed by atoms with Crippen LogP contribution in [-0.4, -0.2) is 81.5 Å². The largest absolute Gasteiger partial charge is 0.448 e. The van der Waals surface area contributed by atoms with Crippen molar-refractivity contribution in [3.8, 4) is 0 Å². The number of hydrogen-bond donors (Lipinski definition) is 0. The third-order valence-electron chi connectivity index (χ3n) is 3.62. The van der Waals surface area contributed by atoms with Crippen molar-refractivity contribution in [3.05, 3.63) is 0 Å². The molecule has 0 radical (unpaired) electrons. The van der Waals surface area contributed by atoms with Gasteiger partial charge in [-0.25, -0.2) is 4.39 Å². The lowest BCUT2D eigenvalue weighted by atomic mass is 10.1. The summed E-state index contributed by atoms with van der Waals surface area (Å²) < 4.78 is 305. The summed E-state index contributed by atoms with van der Waals surface area (Å²) in [7, 11) is 1.00. The van der Waals surface area contributed by atoms with Crippen LogP contribution in [0.3, 0.4) is 0 Å². The third kappa shape index (κ3) is 116. The molecule has 0 saturated heterocycles. The smallest absolute Gasteiger partial charge is 0.319 e. The summed E-state index contributed by atoms with van der Waals surface area (Å²) in [5.41, 5.74) is 0. The standard InChI is InChI=1S/C11H7F17O2.C4H4F6.6C3H8.7C2H6.2CH3F/c1-5(12,10(24,25)26)30-4(9(21,22)23)7(16,17)11(27,28)29-3(8(18,19)20)2-6(13,14)15;5-3(6,7)1-2-4(8,9)10;6*1-3-2;9*1-2/h3-4H,2H2,1H3;1-2H2;6*3H2,1-2H3;7*1-2H3;2*1H3. The van der Waals surface area contributed by atoms with Gasteiger partial charge in [0.1, 0.15) is 0 Å². The first-order valence-electron chi connectivity index (χ1n) is 25.3. The fraction of sp³-hybridized carbons (Fsp3) is 1.00. The van der Waals surface area contributed by atoms with Gasteiger partial charge in [0.15, 0.2) is 6.10 Å². The Bertz CT molecular complexity index is 856. The summed E-state index contributed by atoms with van der Waals surface area (Å²) >= 11 is 0. The number of alkyl halides is 25. The van der Waals surface area contributed by atoms with Gasteiger partial charge in [0.25, 0.3) is 0 Å². The second-order valence-electron chi connectivity index (χ2n) is 11.5. The average Bonchev–Trinajstić information content (AvgIpc) is 3.30. The van der Waals surface area contributed by atoms with Crippen LogP contribution in [0.5, 0.6) is 0 Å². The molecular weight excluding hydrogens is 1100 g/mol. The van der Waals surface area contributed by atoms with Crippen LogP contribution < -0.4 is 0 Å². The highest BCUT2D eigenvalue weighted by atomic mass is 19.4. The highest BCUT2D eigenvalue weighted by Gasteiger charge is 2.75. The van der Waals surface area contributed by atoms with Crippen molar-refractivity contribution < 1.29 is 119 Å². The Kier molecular flexibility index (Phi) is 127. The Morgan fingerprint density at radius 1 is 0.303 bits per heavy atom. The number of ether oxygens (including phenoxy) is 2. The fourth-order valence-corrected chi connectivity index (χ4v) is 1.76. The minimum Gasteiger partial charge on any atom is -0.319 e. The van der Waals surface area contributed by atoms with Gasteiger partial charge >= 0.3 is 54.9 Å². The van der Waals surface area contributed by atoms with Crippen LogP contribution in [0.15, 0.2) is 0 Å². The molecule has 0 aliphatic rings. The van der Waals surface area contributed by atoms with Crippen molar-refractivity contribution >= 4 is 0 Å². The van der Waals surface area contributed by atoms with E-state index in [4.69, 9.17) is 0 Å². The summed E-state index contributed by atoms with van der Waals surface area (Å²) in [6.45, 7) is 52.5. The second-order valence-corrected chi connectivity index (χ2v) is 11.5. The Labute approximate surface area is 445 Å². The van der Waals surface area contributed by atoms with E-state index in [2.05, 4.69) is 92.6 Å². The molecule has 0 bridgehead atoms. The normalized spacial score (nSPS) is 11.6. The quantitative estimate of drug-likeness (QED) is 0.226. The summed E-state index contributed by atoms with van der Waals surface area (Å²) in [6, 6.07) is 0. The van der Waals surface area contributed by atoms with Gasteiger partial charge in [0.2, 0.25) is 6.10 Å². The van der Waals surface area contributed by atoms with Crippen molar-refractivity contribution in [1.82, 2.24) is 0 Å². The lowest BCUT2D eigenvalue weighted by Gasteiger charge is -2.38. The first kappa shape index (κ1) is 121. The molecule has 2 nitrogen and oxygen atoms in total. The Morgan fingerprint density at radius 3 is 0.605 bits per heavy atom. The molecule has 27 heteroatoms. The predicted molar refractivity (Wildman–Crippen MR) is 269 cm³/mol. The number of halogens is 25. The Morgan fingerprint density at radius 2 is 0.487 bits per heavy atom. The minimum atomic E-state index is -7.26. The van der Waals surface area contributed by atoms with E-state index in [-0.39, 0.29) is 0 Å². The summed E-state index contributed by atoms with van der Waals surface area (Å²) in [4.78, 5) is 0. The van der Waals surface area contributed by atoms with Gasteiger partial charge in [-0.15, -0.1) is 0 Å². The second kappa shape index (κ2) is 79.7. The van der Waals surface area contributed by atoms with Crippen LogP contribution in [0.2, 0.25) is 0 Å². The highest BCUT2D eigenvalue weighted by molar-refractivity contribution is 4.94. The van der Waals surface area contributed by atoms with E-state index < -0.39 is 93.3 Å².